The molecule has 2 atom stereocenters. The Morgan fingerprint density at radius 3 is 1.55 bits per heavy atom. The second-order valence-electron chi connectivity index (χ2n) is 27.3. The smallest absolute Gasteiger partial charge is 0.252 e. The Hall–Kier alpha value is -6.00. The summed E-state index contributed by atoms with van der Waals surface area (Å²) in [5.74, 6) is 0. The van der Waals surface area contributed by atoms with Crippen LogP contribution < -0.4 is 31.1 Å². The average Bonchev–Trinajstić information content (AvgIpc) is 3.52. The molecule has 7 aromatic carbocycles. The second kappa shape index (κ2) is 16.5. The van der Waals surface area contributed by atoms with Crippen LogP contribution in [0.15, 0.2) is 127 Å². The molecule has 11 rings (SSSR count). The minimum Gasteiger partial charge on any atom is -0.334 e. The number of anilines is 8. The molecule has 4 aliphatic rings. The third-order valence-electron chi connectivity index (χ3n) is 18.1. The molecule has 7 aromatic rings. The summed E-state index contributed by atoms with van der Waals surface area (Å²) in [6.45, 7) is 40.1. The van der Waals surface area contributed by atoms with Gasteiger partial charge in [-0.25, -0.2) is 0 Å². The van der Waals surface area contributed by atoms with Gasteiger partial charge in [0.05, 0.1) is 11.2 Å². The molecule has 0 radical (unpaired) electrons. The first-order valence-electron chi connectivity index (χ1n) is 27.5. The van der Waals surface area contributed by atoms with Crippen LogP contribution in [-0.4, -0.2) is 12.3 Å². The minimum absolute atomic E-state index is 0.00926. The van der Waals surface area contributed by atoms with Crippen LogP contribution in [0.4, 0.5) is 45.5 Å². The number of benzene rings is 7. The molecule has 0 saturated heterocycles. The van der Waals surface area contributed by atoms with E-state index in [0.29, 0.717) is 0 Å². The van der Waals surface area contributed by atoms with Crippen LogP contribution in [-0.2, 0) is 27.1 Å². The van der Waals surface area contributed by atoms with E-state index in [9.17, 15) is 0 Å². The molecule has 0 spiro atoms. The topological polar surface area (TPSA) is 9.72 Å². The first kappa shape index (κ1) is 49.2. The Morgan fingerprint density at radius 2 is 0.945 bits per heavy atom. The third kappa shape index (κ3) is 7.73. The quantitative estimate of drug-likeness (QED) is 0.163. The Bertz CT molecular complexity index is 3330. The van der Waals surface area contributed by atoms with Crippen LogP contribution in [0.5, 0.6) is 0 Å². The number of aryl methyl sites for hydroxylation is 3. The molecule has 1 saturated carbocycles. The van der Waals surface area contributed by atoms with Gasteiger partial charge >= 0.3 is 0 Å². The van der Waals surface area contributed by atoms with E-state index in [1.165, 1.54) is 137 Å². The lowest BCUT2D eigenvalue weighted by Gasteiger charge is -2.50. The molecule has 73 heavy (non-hydrogen) atoms. The second-order valence-corrected chi connectivity index (χ2v) is 27.3. The molecule has 374 valence electrons. The lowest BCUT2D eigenvalue weighted by atomic mass is 9.33. The van der Waals surface area contributed by atoms with Gasteiger partial charge in [-0.3, -0.25) is 0 Å². The fourth-order valence-corrected chi connectivity index (χ4v) is 13.6. The number of hydrogen-bond acceptors (Lipinski definition) is 3. The van der Waals surface area contributed by atoms with Crippen LogP contribution in [0.2, 0.25) is 0 Å². The third-order valence-corrected chi connectivity index (χ3v) is 18.1. The number of rotatable bonds is 4. The van der Waals surface area contributed by atoms with E-state index < -0.39 is 0 Å². The van der Waals surface area contributed by atoms with Crippen LogP contribution in [0, 0.1) is 20.8 Å². The molecule has 0 bridgehead atoms. The van der Waals surface area contributed by atoms with Gasteiger partial charge in [-0.05, 0) is 183 Å². The zero-order chi connectivity index (χ0) is 52.1. The first-order valence-corrected chi connectivity index (χ1v) is 27.5. The maximum absolute atomic E-state index is 2.79. The number of hydrogen-bond donors (Lipinski definition) is 0. The van der Waals surface area contributed by atoms with Crippen molar-refractivity contribution in [3.05, 3.63) is 172 Å². The highest BCUT2D eigenvalue weighted by Gasteiger charge is 2.58. The van der Waals surface area contributed by atoms with Gasteiger partial charge in [0.15, 0.2) is 0 Å². The van der Waals surface area contributed by atoms with Crippen LogP contribution in [0.1, 0.15) is 167 Å². The Morgan fingerprint density at radius 1 is 0.425 bits per heavy atom. The molecule has 0 amide bonds. The van der Waals surface area contributed by atoms with Gasteiger partial charge in [0.2, 0.25) is 0 Å². The van der Waals surface area contributed by atoms with Crippen LogP contribution >= 0.6 is 0 Å². The van der Waals surface area contributed by atoms with E-state index in [2.05, 4.69) is 260 Å². The molecule has 1 aliphatic carbocycles. The van der Waals surface area contributed by atoms with Crippen LogP contribution in [0.25, 0.3) is 11.1 Å². The molecule has 0 aromatic heterocycles. The molecular formula is C69H80BN3. The summed E-state index contributed by atoms with van der Waals surface area (Å²) in [7, 11) is 0. The first-order chi connectivity index (χ1) is 34.2. The molecule has 1 fully saturated rings. The molecule has 3 aliphatic heterocycles. The fourth-order valence-electron chi connectivity index (χ4n) is 13.6. The maximum Gasteiger partial charge on any atom is 0.252 e. The van der Waals surface area contributed by atoms with Crippen molar-refractivity contribution in [2.45, 2.75) is 176 Å². The molecular weight excluding hydrogens is 882 g/mol. The van der Waals surface area contributed by atoms with Crippen molar-refractivity contribution >= 4 is 68.6 Å². The van der Waals surface area contributed by atoms with Gasteiger partial charge in [0, 0.05) is 45.2 Å². The van der Waals surface area contributed by atoms with Crippen molar-refractivity contribution in [2.75, 3.05) is 14.7 Å². The van der Waals surface area contributed by atoms with Crippen molar-refractivity contribution in [1.29, 1.82) is 0 Å². The van der Waals surface area contributed by atoms with Crippen molar-refractivity contribution in [3.63, 3.8) is 0 Å². The Balaban J connectivity index is 1.20. The average molecular weight is 962 g/mol. The van der Waals surface area contributed by atoms with Gasteiger partial charge in [-0.2, -0.15) is 0 Å². The van der Waals surface area contributed by atoms with E-state index in [-0.39, 0.29) is 39.3 Å². The largest absolute Gasteiger partial charge is 0.334 e. The monoisotopic (exact) mass is 962 g/mol. The molecule has 3 nitrogen and oxygen atoms in total. The molecule has 0 N–H and O–H groups in total. The summed E-state index contributed by atoms with van der Waals surface area (Å²) in [6.07, 6.45) is 4.86. The summed E-state index contributed by atoms with van der Waals surface area (Å²) in [5.41, 5.74) is 27.7. The van der Waals surface area contributed by atoms with Gasteiger partial charge in [0.25, 0.3) is 6.71 Å². The zero-order valence-electron chi connectivity index (χ0n) is 47.4. The molecule has 4 heteroatoms. The molecule has 2 unspecified atom stereocenters. The Kier molecular flexibility index (Phi) is 11.1. The lowest BCUT2D eigenvalue weighted by Crippen LogP contribution is -2.61. The van der Waals surface area contributed by atoms with E-state index in [4.69, 9.17) is 0 Å². The maximum atomic E-state index is 2.79. The molecule has 3 heterocycles. The van der Waals surface area contributed by atoms with E-state index in [1.807, 2.05) is 0 Å². The van der Waals surface area contributed by atoms with Gasteiger partial charge in [-0.15, -0.1) is 0 Å². The highest BCUT2D eigenvalue weighted by molar-refractivity contribution is 7.00. The predicted molar refractivity (Wildman–Crippen MR) is 318 cm³/mol. The minimum atomic E-state index is -0.0819. The fraction of sp³-hybridized carbons (Fsp3) is 0.391. The van der Waals surface area contributed by atoms with Crippen LogP contribution in [0.3, 0.4) is 0 Å². The van der Waals surface area contributed by atoms with Gasteiger partial charge in [-0.1, -0.05) is 182 Å². The highest BCUT2D eigenvalue weighted by atomic mass is 15.3. The van der Waals surface area contributed by atoms with Crippen molar-refractivity contribution < 1.29 is 0 Å². The van der Waals surface area contributed by atoms with Gasteiger partial charge in [0.1, 0.15) is 0 Å². The summed E-state index contributed by atoms with van der Waals surface area (Å²) < 4.78 is 0. The Labute approximate surface area is 440 Å². The summed E-state index contributed by atoms with van der Waals surface area (Å²) in [4.78, 5) is 8.06. The van der Waals surface area contributed by atoms with E-state index >= 15 is 0 Å². The highest BCUT2D eigenvalue weighted by Crippen LogP contribution is 2.62. The van der Waals surface area contributed by atoms with E-state index in [0.717, 1.165) is 6.42 Å². The SMILES string of the molecule is Cc1cc2c3c(c1)N(c1c(C)cc(C(C)(C)C)cc1C)c1ccc(-c4ccc(C(C)(C)C)cc4)cc1B3c1ccc(N3c4ccc(C(C)(C)C)cc4C4(C)CCCCC34C)cc1N2c1ccc(C(C)(C)C)cc1. The predicted octanol–water partition coefficient (Wildman–Crippen LogP) is 17.3. The van der Waals surface area contributed by atoms with E-state index in [1.54, 1.807) is 0 Å². The summed E-state index contributed by atoms with van der Waals surface area (Å²) in [6, 6.07) is 51.1. The van der Waals surface area contributed by atoms with Crippen molar-refractivity contribution in [1.82, 2.24) is 0 Å². The zero-order valence-corrected chi connectivity index (χ0v) is 47.4. The van der Waals surface area contributed by atoms with Gasteiger partial charge < -0.3 is 14.7 Å². The van der Waals surface area contributed by atoms with Crippen molar-refractivity contribution in [3.8, 4) is 11.1 Å². The summed E-state index contributed by atoms with van der Waals surface area (Å²) >= 11 is 0. The number of nitrogens with zero attached hydrogens (tertiary/aromatic N) is 3. The normalized spacial score (nSPS) is 19.4. The number of fused-ring (bicyclic) bond motifs is 7. The standard InChI is InChI=1S/C69H80BN3/c1-43-36-60-62-61(37-43)72(63-44(2)38-51(39-45(63)3)67(13,14)15)58-32-22-47(46-20-23-48(24-21-46)64(4,5)6)40-56(58)70(62)55-31-30-53(42-59(55)71(60)52-28-25-49(26-29-52)65(7,8)9)73-57-33-27-50(66(10,11)12)41-54(57)68(16)34-18-19-35-69(68,73)17/h20-33,36-42H,18-19,34-35H2,1-17H3. The lowest BCUT2D eigenvalue weighted by molar-refractivity contribution is 0.195. The van der Waals surface area contributed by atoms with Crippen molar-refractivity contribution in [2.24, 2.45) is 0 Å². The summed E-state index contributed by atoms with van der Waals surface area (Å²) in [5, 5.41) is 0.